The van der Waals surface area contributed by atoms with Crippen LogP contribution in [-0.2, 0) is 9.59 Å². The van der Waals surface area contributed by atoms with Gasteiger partial charge in [0.05, 0.1) is 11.8 Å². The molecule has 37 heavy (non-hydrogen) atoms. The summed E-state index contributed by atoms with van der Waals surface area (Å²) in [6.07, 6.45) is 0.380. The predicted octanol–water partition coefficient (Wildman–Crippen LogP) is 6.10. The quantitative estimate of drug-likeness (QED) is 0.426. The number of nitrogens with zero attached hydrogens (tertiary/aromatic N) is 3. The summed E-state index contributed by atoms with van der Waals surface area (Å²) in [5, 5.41) is 9.28. The molecule has 0 fully saturated rings. The Bertz CT molecular complexity index is 1430. The van der Waals surface area contributed by atoms with E-state index in [-0.39, 0.29) is 18.3 Å². The van der Waals surface area contributed by atoms with E-state index in [1.807, 2.05) is 12.1 Å². The number of amidine groups is 1. The molecule has 10 heteroatoms. The van der Waals surface area contributed by atoms with E-state index in [1.165, 1.54) is 18.2 Å². The third-order valence-corrected chi connectivity index (χ3v) is 7.49. The van der Waals surface area contributed by atoms with Crippen LogP contribution in [0.3, 0.4) is 0 Å². The van der Waals surface area contributed by atoms with Crippen LogP contribution in [0.2, 0.25) is 5.02 Å². The van der Waals surface area contributed by atoms with Crippen molar-refractivity contribution < 1.29 is 18.4 Å². The number of thioether (sulfide) groups is 1. The lowest BCUT2D eigenvalue weighted by molar-refractivity contribution is -0.121. The molecule has 0 radical (unpaired) electrons. The van der Waals surface area contributed by atoms with Crippen molar-refractivity contribution in [1.29, 1.82) is 0 Å². The van der Waals surface area contributed by atoms with Gasteiger partial charge >= 0.3 is 0 Å². The first-order valence-electron chi connectivity index (χ1n) is 11.5. The third kappa shape index (κ3) is 5.57. The van der Waals surface area contributed by atoms with Crippen molar-refractivity contribution in [2.45, 2.75) is 31.1 Å². The van der Waals surface area contributed by atoms with Gasteiger partial charge in [-0.05, 0) is 60.0 Å². The van der Waals surface area contributed by atoms with Crippen LogP contribution in [0.1, 0.15) is 35.6 Å². The summed E-state index contributed by atoms with van der Waals surface area (Å²) < 4.78 is 27.3. The van der Waals surface area contributed by atoms with Gasteiger partial charge in [-0.3, -0.25) is 9.59 Å². The van der Waals surface area contributed by atoms with E-state index >= 15 is 0 Å². The molecule has 0 bridgehead atoms. The smallest absolute Gasteiger partial charge is 0.262 e. The Kier molecular flexibility index (Phi) is 7.08. The van der Waals surface area contributed by atoms with E-state index in [0.29, 0.717) is 27.9 Å². The lowest BCUT2D eigenvalue weighted by atomic mass is 9.99. The Balaban J connectivity index is 1.34. The van der Waals surface area contributed by atoms with E-state index in [0.717, 1.165) is 28.6 Å². The second-order valence-electron chi connectivity index (χ2n) is 8.73. The van der Waals surface area contributed by atoms with Crippen molar-refractivity contribution in [2.75, 3.05) is 5.32 Å². The number of nitrogens with one attached hydrogen (secondary N) is 1. The van der Waals surface area contributed by atoms with E-state index in [4.69, 9.17) is 16.7 Å². The van der Waals surface area contributed by atoms with Gasteiger partial charge in [-0.1, -0.05) is 53.7 Å². The van der Waals surface area contributed by atoms with Crippen molar-refractivity contribution in [3.8, 4) is 0 Å². The molecule has 0 aromatic heterocycles. The van der Waals surface area contributed by atoms with Gasteiger partial charge in [0.1, 0.15) is 16.9 Å². The van der Waals surface area contributed by atoms with Gasteiger partial charge in [-0.25, -0.2) is 13.8 Å². The van der Waals surface area contributed by atoms with Crippen LogP contribution in [-0.4, -0.2) is 33.0 Å². The number of hydrogen-bond donors (Lipinski definition) is 1. The molecule has 2 atom stereocenters. The van der Waals surface area contributed by atoms with Crippen molar-refractivity contribution in [1.82, 2.24) is 5.01 Å². The second-order valence-corrected chi connectivity index (χ2v) is 10.3. The SMILES string of the molecule is Cc1ccc(NC(=O)CC2SC(N3N=C(c4ccc(F)cc4)CC3c3ccc(Cl)cc3)=NC2=O)cc1F. The number of rotatable bonds is 5. The summed E-state index contributed by atoms with van der Waals surface area (Å²) in [7, 11) is 0. The molecule has 3 aromatic carbocycles. The molecule has 0 saturated heterocycles. The average Bonchev–Trinajstić information content (AvgIpc) is 3.46. The van der Waals surface area contributed by atoms with E-state index in [1.54, 1.807) is 48.3 Å². The number of aliphatic imine (C=N–C) groups is 1. The lowest BCUT2D eigenvalue weighted by Crippen LogP contribution is -2.25. The van der Waals surface area contributed by atoms with E-state index < -0.39 is 22.9 Å². The first-order chi connectivity index (χ1) is 17.8. The molecule has 0 aliphatic carbocycles. The fourth-order valence-corrected chi connectivity index (χ4v) is 5.29. The molecular formula is C27H21ClF2N4O2S. The molecule has 2 aliphatic rings. The number of amides is 2. The molecule has 1 N–H and O–H groups in total. The highest BCUT2D eigenvalue weighted by atomic mass is 35.5. The molecule has 2 heterocycles. The van der Waals surface area contributed by atoms with Crippen molar-refractivity contribution in [3.05, 3.63) is 100 Å². The van der Waals surface area contributed by atoms with Crippen LogP contribution in [0.5, 0.6) is 0 Å². The zero-order chi connectivity index (χ0) is 26.1. The Labute approximate surface area is 221 Å². The standard InChI is InChI=1S/C27H21ClF2N4O2S/c1-15-2-11-20(12-21(15)30)31-25(35)14-24-26(36)32-27(37-24)34-23(17-3-7-18(28)8-4-17)13-22(33-34)16-5-9-19(29)10-6-16/h2-12,23-24H,13-14H2,1H3,(H,31,35). The largest absolute Gasteiger partial charge is 0.326 e. The van der Waals surface area contributed by atoms with Crippen molar-refractivity contribution in [3.63, 3.8) is 0 Å². The number of carbonyl (C=O) groups is 2. The van der Waals surface area contributed by atoms with Crippen LogP contribution < -0.4 is 5.32 Å². The third-order valence-electron chi connectivity index (χ3n) is 6.09. The highest BCUT2D eigenvalue weighted by Crippen LogP contribution is 2.39. The fraction of sp³-hybridized carbons (Fsp3) is 0.185. The van der Waals surface area contributed by atoms with Gasteiger partial charge in [-0.2, -0.15) is 10.1 Å². The first-order valence-corrected chi connectivity index (χ1v) is 12.8. The lowest BCUT2D eigenvalue weighted by Gasteiger charge is -2.23. The van der Waals surface area contributed by atoms with Crippen LogP contribution in [0, 0.1) is 18.6 Å². The second kappa shape index (κ2) is 10.4. The van der Waals surface area contributed by atoms with Gasteiger partial charge in [0.2, 0.25) is 5.91 Å². The van der Waals surface area contributed by atoms with E-state index in [9.17, 15) is 18.4 Å². The van der Waals surface area contributed by atoms with Crippen LogP contribution in [0.15, 0.2) is 76.8 Å². The number of anilines is 1. The summed E-state index contributed by atoms with van der Waals surface area (Å²) in [5.74, 6) is -1.63. The highest BCUT2D eigenvalue weighted by molar-refractivity contribution is 8.15. The van der Waals surface area contributed by atoms with Gasteiger partial charge in [-0.15, -0.1) is 0 Å². The summed E-state index contributed by atoms with van der Waals surface area (Å²) in [5.41, 5.74) is 3.19. The average molecular weight is 539 g/mol. The van der Waals surface area contributed by atoms with Crippen molar-refractivity contribution in [2.24, 2.45) is 10.1 Å². The monoisotopic (exact) mass is 538 g/mol. The topological polar surface area (TPSA) is 74.1 Å². The molecule has 6 nitrogen and oxygen atoms in total. The van der Waals surface area contributed by atoms with Gasteiger partial charge in [0.25, 0.3) is 5.91 Å². The summed E-state index contributed by atoms with van der Waals surface area (Å²) in [6.45, 7) is 1.63. The highest BCUT2D eigenvalue weighted by Gasteiger charge is 2.39. The summed E-state index contributed by atoms with van der Waals surface area (Å²) >= 11 is 7.23. The molecule has 5 rings (SSSR count). The zero-order valence-corrected chi connectivity index (χ0v) is 21.2. The first kappa shape index (κ1) is 25.1. The Morgan fingerprint density at radius 3 is 2.54 bits per heavy atom. The number of carbonyl (C=O) groups excluding carboxylic acids is 2. The minimum absolute atomic E-state index is 0.125. The predicted molar refractivity (Wildman–Crippen MR) is 142 cm³/mol. The van der Waals surface area contributed by atoms with Crippen LogP contribution in [0.25, 0.3) is 0 Å². The number of aryl methyl sites for hydroxylation is 1. The molecule has 3 aromatic rings. The Morgan fingerprint density at radius 2 is 1.84 bits per heavy atom. The van der Waals surface area contributed by atoms with Gasteiger partial charge in [0.15, 0.2) is 5.17 Å². The number of benzene rings is 3. The van der Waals surface area contributed by atoms with E-state index in [2.05, 4.69) is 10.3 Å². The molecular weight excluding hydrogens is 518 g/mol. The Morgan fingerprint density at radius 1 is 1.11 bits per heavy atom. The maximum absolute atomic E-state index is 13.8. The van der Waals surface area contributed by atoms with Crippen LogP contribution in [0.4, 0.5) is 14.5 Å². The Hall–Kier alpha value is -3.56. The minimum atomic E-state index is -0.735. The van der Waals surface area contributed by atoms with Crippen molar-refractivity contribution >= 4 is 51.7 Å². The maximum Gasteiger partial charge on any atom is 0.262 e. The zero-order valence-electron chi connectivity index (χ0n) is 19.6. The maximum atomic E-state index is 13.8. The van der Waals surface area contributed by atoms with Gasteiger partial charge < -0.3 is 5.32 Å². The molecule has 188 valence electrons. The minimum Gasteiger partial charge on any atom is -0.326 e. The molecule has 2 unspecified atom stereocenters. The number of hydrazone groups is 1. The molecule has 2 amide bonds. The summed E-state index contributed by atoms with van der Waals surface area (Å²) in [4.78, 5) is 29.5. The number of hydrogen-bond acceptors (Lipinski definition) is 5. The molecule has 2 aliphatic heterocycles. The summed E-state index contributed by atoms with van der Waals surface area (Å²) in [6, 6.07) is 17.5. The normalized spacial score (nSPS) is 19.1. The fourth-order valence-electron chi connectivity index (χ4n) is 4.10. The van der Waals surface area contributed by atoms with Gasteiger partial charge in [0, 0.05) is 23.6 Å². The molecule has 0 spiro atoms. The van der Waals surface area contributed by atoms with Crippen LogP contribution >= 0.6 is 23.4 Å². The molecule has 0 saturated carbocycles. The number of halogens is 3.